The average Bonchev–Trinajstić information content (AvgIpc) is 2.81. The molecule has 0 radical (unpaired) electrons. The van der Waals surface area contributed by atoms with Crippen LogP contribution in [0.4, 0.5) is 0 Å². The molecule has 1 aromatic rings. The summed E-state index contributed by atoms with van der Waals surface area (Å²) >= 11 is 4.50. The predicted octanol–water partition coefficient (Wildman–Crippen LogP) is 0.483. The maximum absolute atomic E-state index is 11.7. The van der Waals surface area contributed by atoms with Crippen LogP contribution in [0.15, 0.2) is 20.8 Å². The minimum Gasteiger partial charge on any atom is -0.393 e. The number of aromatic amines is 1. The molecule has 0 amide bonds. The topological polar surface area (TPSA) is 84.3 Å². The fourth-order valence-corrected chi connectivity index (χ4v) is 2.80. The van der Waals surface area contributed by atoms with Crippen molar-refractivity contribution >= 4 is 33.8 Å². The molecular formula is C10H11BrN2O4S. The molecule has 1 aliphatic rings. The number of hydrogen-bond donors (Lipinski definition) is 2. The molecule has 98 valence electrons. The van der Waals surface area contributed by atoms with Gasteiger partial charge in [0.2, 0.25) is 0 Å². The van der Waals surface area contributed by atoms with Gasteiger partial charge in [-0.05, 0) is 11.1 Å². The van der Waals surface area contributed by atoms with E-state index in [9.17, 15) is 9.59 Å². The van der Waals surface area contributed by atoms with Gasteiger partial charge in [-0.15, -0.1) is 11.8 Å². The van der Waals surface area contributed by atoms with Crippen molar-refractivity contribution < 1.29 is 9.84 Å². The van der Waals surface area contributed by atoms with E-state index in [0.29, 0.717) is 11.3 Å². The normalized spacial score (nSPS) is 23.9. The van der Waals surface area contributed by atoms with E-state index in [1.165, 1.54) is 27.5 Å². The summed E-state index contributed by atoms with van der Waals surface area (Å²) < 4.78 is 6.79. The van der Waals surface area contributed by atoms with Crippen LogP contribution in [-0.2, 0) is 4.74 Å². The molecule has 1 aliphatic heterocycles. The number of aliphatic hydroxyl groups is 1. The molecule has 2 rings (SSSR count). The second-order valence-corrected chi connectivity index (χ2v) is 5.30. The number of aromatic nitrogens is 2. The van der Waals surface area contributed by atoms with Crippen molar-refractivity contribution in [2.75, 3.05) is 12.4 Å². The third kappa shape index (κ3) is 2.77. The molecule has 2 N–H and O–H groups in total. The molecule has 6 nitrogen and oxygen atoms in total. The summed E-state index contributed by atoms with van der Waals surface area (Å²) in [5.41, 5.74) is -0.941. The molecule has 0 aromatic carbocycles. The number of hydrogen-bond acceptors (Lipinski definition) is 5. The zero-order valence-corrected chi connectivity index (χ0v) is 11.6. The van der Waals surface area contributed by atoms with Crippen LogP contribution in [-0.4, -0.2) is 32.5 Å². The Morgan fingerprint density at radius 3 is 3.06 bits per heavy atom. The molecule has 0 bridgehead atoms. The Balaban J connectivity index is 2.36. The molecule has 2 atom stereocenters. The fourth-order valence-electron chi connectivity index (χ4n) is 1.59. The Morgan fingerprint density at radius 2 is 2.44 bits per heavy atom. The molecule has 2 heterocycles. The van der Waals surface area contributed by atoms with E-state index in [2.05, 4.69) is 20.9 Å². The Kier molecular flexibility index (Phi) is 4.44. The van der Waals surface area contributed by atoms with Crippen molar-refractivity contribution in [2.45, 2.75) is 11.7 Å². The Labute approximate surface area is 115 Å². The van der Waals surface area contributed by atoms with Gasteiger partial charge in [0.1, 0.15) is 11.7 Å². The number of H-pyrrole nitrogens is 1. The third-order valence-corrected chi connectivity index (χ3v) is 3.80. The molecule has 1 saturated heterocycles. The minimum absolute atomic E-state index is 0.104. The number of aliphatic hydroxyl groups excluding tert-OH is 1. The largest absolute Gasteiger partial charge is 0.393 e. The Morgan fingerprint density at radius 1 is 1.67 bits per heavy atom. The standard InChI is InChI=1S/C10H11BrN2O4S/c11-2-1-6-3-13(10(16)12-9(6)15)7-5-18-8(4-14)17-7/h1-3,7-8,14H,4-5H2,(H,12,15,16)/b2-1+. The molecule has 1 aromatic heterocycles. The van der Waals surface area contributed by atoms with E-state index in [1.54, 1.807) is 6.08 Å². The van der Waals surface area contributed by atoms with Crippen LogP contribution in [0.2, 0.25) is 0 Å². The number of nitrogens with zero attached hydrogens (tertiary/aromatic N) is 1. The van der Waals surface area contributed by atoms with Gasteiger partial charge in [0, 0.05) is 11.9 Å². The van der Waals surface area contributed by atoms with Crippen molar-refractivity contribution in [3.8, 4) is 0 Å². The smallest absolute Gasteiger partial charge is 0.330 e. The summed E-state index contributed by atoms with van der Waals surface area (Å²) in [6.07, 6.45) is 2.52. The van der Waals surface area contributed by atoms with Crippen molar-refractivity contribution in [1.82, 2.24) is 9.55 Å². The Bertz CT molecular complexity index is 568. The van der Waals surface area contributed by atoms with E-state index >= 15 is 0 Å². The monoisotopic (exact) mass is 334 g/mol. The zero-order chi connectivity index (χ0) is 13.1. The summed E-state index contributed by atoms with van der Waals surface area (Å²) in [6, 6.07) is 0. The summed E-state index contributed by atoms with van der Waals surface area (Å²) in [4.78, 5) is 27.0. The highest BCUT2D eigenvalue weighted by Gasteiger charge is 2.27. The van der Waals surface area contributed by atoms with E-state index in [4.69, 9.17) is 9.84 Å². The van der Waals surface area contributed by atoms with E-state index < -0.39 is 17.5 Å². The van der Waals surface area contributed by atoms with Gasteiger partial charge in [-0.2, -0.15) is 0 Å². The van der Waals surface area contributed by atoms with Gasteiger partial charge in [-0.3, -0.25) is 14.3 Å². The maximum atomic E-state index is 11.7. The molecular weight excluding hydrogens is 324 g/mol. The van der Waals surface area contributed by atoms with E-state index in [1.807, 2.05) is 0 Å². The summed E-state index contributed by atoms with van der Waals surface area (Å²) in [5, 5.41) is 8.97. The lowest BCUT2D eigenvalue weighted by Gasteiger charge is -2.13. The van der Waals surface area contributed by atoms with Crippen LogP contribution in [0.25, 0.3) is 6.08 Å². The molecule has 8 heteroatoms. The van der Waals surface area contributed by atoms with Gasteiger partial charge < -0.3 is 9.84 Å². The zero-order valence-electron chi connectivity index (χ0n) is 9.21. The van der Waals surface area contributed by atoms with Gasteiger partial charge in [-0.1, -0.05) is 15.9 Å². The average molecular weight is 335 g/mol. The van der Waals surface area contributed by atoms with Crippen molar-refractivity contribution in [3.63, 3.8) is 0 Å². The molecule has 0 aliphatic carbocycles. The lowest BCUT2D eigenvalue weighted by Crippen LogP contribution is -2.34. The van der Waals surface area contributed by atoms with Crippen LogP contribution in [0.1, 0.15) is 11.8 Å². The van der Waals surface area contributed by atoms with E-state index in [0.717, 1.165) is 0 Å². The lowest BCUT2D eigenvalue weighted by atomic mass is 10.3. The lowest BCUT2D eigenvalue weighted by molar-refractivity contribution is -0.00643. The molecule has 0 saturated carbocycles. The summed E-state index contributed by atoms with van der Waals surface area (Å²) in [6.45, 7) is -0.104. The van der Waals surface area contributed by atoms with Gasteiger partial charge >= 0.3 is 5.69 Å². The first-order valence-corrected chi connectivity index (χ1v) is 7.12. The second-order valence-electron chi connectivity index (χ2n) is 3.58. The predicted molar refractivity (Wildman–Crippen MR) is 72.7 cm³/mol. The van der Waals surface area contributed by atoms with Crippen LogP contribution in [0, 0.1) is 0 Å². The highest BCUT2D eigenvalue weighted by atomic mass is 79.9. The minimum atomic E-state index is -0.518. The first-order valence-electron chi connectivity index (χ1n) is 5.16. The van der Waals surface area contributed by atoms with Gasteiger partial charge in [0.15, 0.2) is 0 Å². The quantitative estimate of drug-likeness (QED) is 0.840. The summed E-state index contributed by atoms with van der Waals surface area (Å²) in [5.74, 6) is 0.550. The summed E-state index contributed by atoms with van der Waals surface area (Å²) in [7, 11) is 0. The van der Waals surface area contributed by atoms with Crippen molar-refractivity contribution in [2.24, 2.45) is 0 Å². The molecule has 1 fully saturated rings. The number of thioether (sulfide) groups is 1. The SMILES string of the molecule is O=c1[nH]c(=O)n(C2CSC(CO)O2)cc1/C=C/Br. The number of nitrogens with one attached hydrogen (secondary N) is 1. The highest BCUT2D eigenvalue weighted by molar-refractivity contribution is 9.11. The fraction of sp³-hybridized carbons (Fsp3) is 0.400. The van der Waals surface area contributed by atoms with Crippen LogP contribution >= 0.6 is 27.7 Å². The van der Waals surface area contributed by atoms with Gasteiger partial charge in [-0.25, -0.2) is 4.79 Å². The first-order chi connectivity index (χ1) is 8.65. The molecule has 0 spiro atoms. The van der Waals surface area contributed by atoms with E-state index in [-0.39, 0.29) is 12.0 Å². The van der Waals surface area contributed by atoms with Crippen LogP contribution in [0.3, 0.4) is 0 Å². The molecule has 18 heavy (non-hydrogen) atoms. The maximum Gasteiger partial charge on any atom is 0.330 e. The van der Waals surface area contributed by atoms with Crippen molar-refractivity contribution in [1.29, 1.82) is 0 Å². The highest BCUT2D eigenvalue weighted by Crippen LogP contribution is 2.30. The first kappa shape index (κ1) is 13.6. The number of rotatable bonds is 3. The van der Waals surface area contributed by atoms with Gasteiger partial charge in [0.25, 0.3) is 5.56 Å². The second kappa shape index (κ2) is 5.87. The van der Waals surface area contributed by atoms with Crippen molar-refractivity contribution in [3.05, 3.63) is 37.6 Å². The number of ether oxygens (including phenoxy) is 1. The van der Waals surface area contributed by atoms with Crippen LogP contribution in [0.5, 0.6) is 0 Å². The van der Waals surface area contributed by atoms with Gasteiger partial charge in [0.05, 0.1) is 12.2 Å². The number of halogens is 1. The molecule has 2 unspecified atom stereocenters. The Hall–Kier alpha value is -0.830. The van der Waals surface area contributed by atoms with Crippen LogP contribution < -0.4 is 11.2 Å². The third-order valence-electron chi connectivity index (χ3n) is 2.43.